The molecule has 1 amide bonds. The summed E-state index contributed by atoms with van der Waals surface area (Å²) in [7, 11) is 3.40. The molecule has 0 aliphatic carbocycles. The Labute approximate surface area is 146 Å². The number of rotatable bonds is 6. The van der Waals surface area contributed by atoms with E-state index in [-0.39, 0.29) is 12.5 Å². The molecule has 1 saturated heterocycles. The highest BCUT2D eigenvalue weighted by molar-refractivity contribution is 5.78. The number of aromatic nitrogens is 3. The number of hydrogen-bond acceptors (Lipinski definition) is 6. The number of benzene rings is 1. The van der Waals surface area contributed by atoms with Gasteiger partial charge in [0.1, 0.15) is 17.0 Å². The minimum Gasteiger partial charge on any atom is -0.497 e. The van der Waals surface area contributed by atoms with Crippen molar-refractivity contribution in [1.29, 1.82) is 0 Å². The number of amides is 1. The number of carbonyl (C=O) groups excluding carboxylic acids is 1. The van der Waals surface area contributed by atoms with Crippen molar-refractivity contribution in [3.05, 3.63) is 41.7 Å². The molecule has 0 saturated carbocycles. The molecule has 3 rings (SSSR count). The predicted octanol–water partition coefficient (Wildman–Crippen LogP) is 0.365. The largest absolute Gasteiger partial charge is 0.497 e. The molecule has 2 heterocycles. The molecular weight excluding hydrogens is 322 g/mol. The van der Waals surface area contributed by atoms with Crippen LogP contribution in [-0.4, -0.2) is 70.0 Å². The van der Waals surface area contributed by atoms with E-state index >= 15 is 0 Å². The quantitative estimate of drug-likeness (QED) is 0.785. The van der Waals surface area contributed by atoms with E-state index in [1.54, 1.807) is 19.1 Å². The normalized spacial score (nSPS) is 20.6. The van der Waals surface area contributed by atoms with Crippen LogP contribution in [0.4, 0.5) is 0 Å². The number of hydrogen-bond donors (Lipinski definition) is 2. The van der Waals surface area contributed by atoms with Crippen molar-refractivity contribution in [2.75, 3.05) is 33.8 Å². The third-order valence-electron chi connectivity index (χ3n) is 4.56. The van der Waals surface area contributed by atoms with Gasteiger partial charge in [0.15, 0.2) is 0 Å². The van der Waals surface area contributed by atoms with Crippen LogP contribution in [0, 0.1) is 0 Å². The maximum atomic E-state index is 12.5. The van der Waals surface area contributed by atoms with Gasteiger partial charge in [-0.05, 0) is 24.1 Å². The molecule has 2 aromatic rings. The van der Waals surface area contributed by atoms with Crippen molar-refractivity contribution < 1.29 is 14.6 Å². The molecule has 1 aliphatic heterocycles. The minimum atomic E-state index is -1.04. The van der Waals surface area contributed by atoms with Gasteiger partial charge in [-0.25, -0.2) is 0 Å². The van der Waals surface area contributed by atoms with Crippen LogP contribution in [-0.2, 0) is 16.9 Å². The predicted molar refractivity (Wildman–Crippen MR) is 90.8 cm³/mol. The van der Waals surface area contributed by atoms with Gasteiger partial charge in [-0.1, -0.05) is 12.1 Å². The summed E-state index contributed by atoms with van der Waals surface area (Å²) in [5.74, 6) is 0.780. The first-order valence-electron chi connectivity index (χ1n) is 8.18. The second-order valence-electron chi connectivity index (χ2n) is 6.45. The lowest BCUT2D eigenvalue weighted by molar-refractivity contribution is -0.131. The van der Waals surface area contributed by atoms with Crippen LogP contribution in [0.3, 0.4) is 0 Å². The maximum absolute atomic E-state index is 12.5. The Morgan fingerprint density at radius 2 is 2.36 bits per heavy atom. The van der Waals surface area contributed by atoms with Crippen LogP contribution in [0.2, 0.25) is 0 Å². The highest BCUT2D eigenvalue weighted by atomic mass is 16.5. The summed E-state index contributed by atoms with van der Waals surface area (Å²) >= 11 is 0. The topological polar surface area (TPSA) is 94.6 Å². The SMILES string of the molecule is COc1cccc(CN(C)C(=O)CN2CCC(O)(c3cn[nH]n3)C2)c1. The van der Waals surface area contributed by atoms with E-state index in [2.05, 4.69) is 15.4 Å². The van der Waals surface area contributed by atoms with E-state index in [4.69, 9.17) is 4.74 Å². The van der Waals surface area contributed by atoms with Crippen LogP contribution in [0.1, 0.15) is 17.7 Å². The second kappa shape index (κ2) is 7.20. The summed E-state index contributed by atoms with van der Waals surface area (Å²) in [5.41, 5.74) is 0.487. The third kappa shape index (κ3) is 3.97. The number of aromatic amines is 1. The Balaban J connectivity index is 1.55. The van der Waals surface area contributed by atoms with Gasteiger partial charge in [0, 0.05) is 26.7 Å². The summed E-state index contributed by atoms with van der Waals surface area (Å²) in [6.45, 7) is 1.79. The highest BCUT2D eigenvalue weighted by Gasteiger charge is 2.40. The van der Waals surface area contributed by atoms with Crippen molar-refractivity contribution in [2.45, 2.75) is 18.6 Å². The molecule has 1 unspecified atom stereocenters. The number of H-pyrrole nitrogens is 1. The van der Waals surface area contributed by atoms with Crippen LogP contribution >= 0.6 is 0 Å². The summed E-state index contributed by atoms with van der Waals surface area (Å²) in [6, 6.07) is 7.67. The van der Waals surface area contributed by atoms with Gasteiger partial charge < -0.3 is 14.7 Å². The molecule has 25 heavy (non-hydrogen) atoms. The molecule has 1 aliphatic rings. The van der Waals surface area contributed by atoms with Crippen LogP contribution in [0.15, 0.2) is 30.5 Å². The van der Waals surface area contributed by atoms with Crippen molar-refractivity contribution in [3.8, 4) is 5.75 Å². The maximum Gasteiger partial charge on any atom is 0.236 e. The molecule has 134 valence electrons. The first-order valence-corrected chi connectivity index (χ1v) is 8.18. The fourth-order valence-corrected chi connectivity index (χ4v) is 3.09. The Morgan fingerprint density at radius 1 is 1.52 bits per heavy atom. The van der Waals surface area contributed by atoms with Gasteiger partial charge in [-0.15, -0.1) is 0 Å². The molecule has 0 bridgehead atoms. The zero-order valence-corrected chi connectivity index (χ0v) is 14.5. The van der Waals surface area contributed by atoms with Crippen LogP contribution < -0.4 is 4.74 Å². The monoisotopic (exact) mass is 345 g/mol. The van der Waals surface area contributed by atoms with Crippen molar-refractivity contribution >= 4 is 5.91 Å². The van der Waals surface area contributed by atoms with Gasteiger partial charge in [0.25, 0.3) is 0 Å². The molecule has 8 heteroatoms. The molecule has 1 atom stereocenters. The number of ether oxygens (including phenoxy) is 1. The summed E-state index contributed by atoms with van der Waals surface area (Å²) in [4.78, 5) is 16.1. The zero-order chi connectivity index (χ0) is 17.9. The Kier molecular flexibility index (Phi) is 5.00. The van der Waals surface area contributed by atoms with Gasteiger partial charge >= 0.3 is 0 Å². The third-order valence-corrected chi connectivity index (χ3v) is 4.56. The van der Waals surface area contributed by atoms with Crippen molar-refractivity contribution in [3.63, 3.8) is 0 Å². The number of aliphatic hydroxyl groups is 1. The molecule has 1 aromatic heterocycles. The van der Waals surface area contributed by atoms with Crippen molar-refractivity contribution in [1.82, 2.24) is 25.2 Å². The standard InChI is InChI=1S/C17H23N5O3/c1-21(10-13-4-3-5-14(8-13)25-2)16(23)11-22-7-6-17(24,12-22)15-9-18-20-19-15/h3-5,8-9,24H,6-7,10-12H2,1-2H3,(H,18,19,20). The number of β-amino-alcohol motifs (C(OH)–C–C–N with tert-alkyl or cyclic N) is 1. The summed E-state index contributed by atoms with van der Waals surface area (Å²) in [5, 5.41) is 20.9. The fourth-order valence-electron chi connectivity index (χ4n) is 3.09. The number of nitrogens with one attached hydrogen (secondary N) is 1. The Morgan fingerprint density at radius 3 is 3.08 bits per heavy atom. The molecule has 1 aromatic carbocycles. The lowest BCUT2D eigenvalue weighted by Crippen LogP contribution is -2.39. The summed E-state index contributed by atoms with van der Waals surface area (Å²) < 4.78 is 5.21. The molecule has 1 fully saturated rings. The van der Waals surface area contributed by atoms with Gasteiger partial charge in [-0.2, -0.15) is 15.4 Å². The Hall–Kier alpha value is -2.45. The lowest BCUT2D eigenvalue weighted by atomic mass is 10.0. The van der Waals surface area contributed by atoms with Gasteiger partial charge in [0.2, 0.25) is 5.91 Å². The number of likely N-dealkylation sites (N-methyl/N-ethyl adjacent to an activating group) is 1. The number of likely N-dealkylation sites (tertiary alicyclic amines) is 1. The van der Waals surface area contributed by atoms with E-state index in [9.17, 15) is 9.90 Å². The minimum absolute atomic E-state index is 0.00669. The average Bonchev–Trinajstić information content (AvgIpc) is 3.26. The molecule has 2 N–H and O–H groups in total. The Bertz CT molecular complexity index is 721. The molecule has 0 radical (unpaired) electrons. The average molecular weight is 345 g/mol. The smallest absolute Gasteiger partial charge is 0.236 e. The summed E-state index contributed by atoms with van der Waals surface area (Å²) in [6.07, 6.45) is 2.06. The number of nitrogens with zero attached hydrogens (tertiary/aromatic N) is 4. The van der Waals surface area contributed by atoms with Gasteiger partial charge in [0.05, 0.1) is 19.9 Å². The van der Waals surface area contributed by atoms with Gasteiger partial charge in [-0.3, -0.25) is 9.69 Å². The first-order chi connectivity index (χ1) is 12.0. The molecule has 0 spiro atoms. The van der Waals surface area contributed by atoms with E-state index in [1.807, 2.05) is 29.2 Å². The van der Waals surface area contributed by atoms with E-state index < -0.39 is 5.60 Å². The number of methoxy groups -OCH3 is 1. The van der Waals surface area contributed by atoms with E-state index in [1.165, 1.54) is 6.20 Å². The van der Waals surface area contributed by atoms with Crippen molar-refractivity contribution in [2.24, 2.45) is 0 Å². The zero-order valence-electron chi connectivity index (χ0n) is 14.5. The highest BCUT2D eigenvalue weighted by Crippen LogP contribution is 2.29. The molecule has 8 nitrogen and oxygen atoms in total. The van der Waals surface area contributed by atoms with E-state index in [0.717, 1.165) is 11.3 Å². The second-order valence-corrected chi connectivity index (χ2v) is 6.45. The first kappa shape index (κ1) is 17.4. The fraction of sp³-hybridized carbons (Fsp3) is 0.471. The number of carbonyl (C=O) groups is 1. The van der Waals surface area contributed by atoms with Crippen LogP contribution in [0.25, 0.3) is 0 Å². The van der Waals surface area contributed by atoms with Crippen LogP contribution in [0.5, 0.6) is 5.75 Å². The molecular formula is C17H23N5O3. The lowest BCUT2D eigenvalue weighted by Gasteiger charge is -2.23. The van der Waals surface area contributed by atoms with E-state index in [0.29, 0.717) is 31.7 Å².